The maximum atomic E-state index is 12.6. The molecule has 16 heteroatoms. The van der Waals surface area contributed by atoms with Gasteiger partial charge in [-0.25, -0.2) is 9.59 Å². The van der Waals surface area contributed by atoms with E-state index in [2.05, 4.69) is 106 Å². The summed E-state index contributed by atoms with van der Waals surface area (Å²) in [4.78, 5) is 25.1. The van der Waals surface area contributed by atoms with Crippen molar-refractivity contribution in [3.05, 3.63) is 59.7 Å². The van der Waals surface area contributed by atoms with Gasteiger partial charge in [0.15, 0.2) is 33.3 Å². The molecule has 324 valence electrons. The summed E-state index contributed by atoms with van der Waals surface area (Å²) in [6.45, 7) is 35.3. The first-order valence-electron chi connectivity index (χ1n) is 20.8. The van der Waals surface area contributed by atoms with Gasteiger partial charge >= 0.3 is 29.4 Å². The third-order valence-electron chi connectivity index (χ3n) is 9.76. The predicted molar refractivity (Wildman–Crippen MR) is 247 cm³/mol. The van der Waals surface area contributed by atoms with Crippen LogP contribution in [0.5, 0.6) is 11.5 Å². The van der Waals surface area contributed by atoms with E-state index in [0.717, 1.165) is 23.2 Å². The second kappa shape index (κ2) is 21.6. The van der Waals surface area contributed by atoms with Gasteiger partial charge in [-0.3, -0.25) is 0 Å². The number of carbonyl (C=O) groups is 2. The van der Waals surface area contributed by atoms with Crippen LogP contribution in [0.1, 0.15) is 64.5 Å². The average Bonchev–Trinajstić information content (AvgIpc) is 3.04. The molecule has 0 radical (unpaired) electrons. The first-order chi connectivity index (χ1) is 26.1. The minimum absolute atomic E-state index is 0.227. The van der Waals surface area contributed by atoms with Crippen LogP contribution in [0.4, 0.5) is 9.59 Å². The molecule has 0 fully saturated rings. The third-order valence-corrected chi connectivity index (χ3v) is 32.4. The highest BCUT2D eigenvalue weighted by Gasteiger charge is 2.41. The van der Waals surface area contributed by atoms with Gasteiger partial charge in [0, 0.05) is 5.41 Å². The van der Waals surface area contributed by atoms with Crippen LogP contribution >= 0.6 is 0 Å². The highest BCUT2D eigenvalue weighted by atomic mass is 28.5. The molecule has 2 aromatic rings. The summed E-state index contributed by atoms with van der Waals surface area (Å²) in [5, 5.41) is 0. The molecule has 0 aromatic heterocycles. The van der Waals surface area contributed by atoms with E-state index in [9.17, 15) is 9.59 Å². The molecule has 57 heavy (non-hydrogen) atoms. The van der Waals surface area contributed by atoms with Crippen molar-refractivity contribution in [2.75, 3.05) is 13.2 Å². The minimum atomic E-state index is -2.32. The Hall–Kier alpha value is -1.88. The summed E-state index contributed by atoms with van der Waals surface area (Å²) < 4.78 is 48.4. The maximum Gasteiger partial charge on any atom is 0.513 e. The van der Waals surface area contributed by atoms with Crippen LogP contribution in [0.15, 0.2) is 48.5 Å². The van der Waals surface area contributed by atoms with E-state index < -0.39 is 62.7 Å². The summed E-state index contributed by atoms with van der Waals surface area (Å²) in [5.41, 5.74) is 1.66. The lowest BCUT2D eigenvalue weighted by Gasteiger charge is -2.38. The number of hydrogen-bond acceptors (Lipinski definition) is 10. The Morgan fingerprint density at radius 3 is 1.04 bits per heavy atom. The van der Waals surface area contributed by atoms with Crippen molar-refractivity contribution >= 4 is 62.7 Å². The molecular weight excluding hydrogens is 821 g/mol. The SMILES string of the molecule is CCCC[Si](C)(C)O[Si](C)(C)O[Si](C)(C)CCOC(=O)Oc1ccc(C(C)(C)c2ccc(OC(=O)OCC[Si](C)(C)O[Si](C)(C)O[Si](C)(C)CCCC)cc2)cc1. The van der Waals surface area contributed by atoms with E-state index in [1.54, 1.807) is 24.3 Å². The van der Waals surface area contributed by atoms with Crippen LogP contribution < -0.4 is 9.47 Å². The van der Waals surface area contributed by atoms with Crippen molar-refractivity contribution in [3.8, 4) is 11.5 Å². The van der Waals surface area contributed by atoms with Crippen LogP contribution in [-0.2, 0) is 31.3 Å². The number of ether oxygens (including phenoxy) is 4. The fourth-order valence-corrected chi connectivity index (χ4v) is 34.8. The molecule has 10 nitrogen and oxygen atoms in total. The summed E-state index contributed by atoms with van der Waals surface area (Å²) in [7, 11) is -12.5. The smallest absolute Gasteiger partial charge is 0.437 e. The third kappa shape index (κ3) is 19.8. The van der Waals surface area contributed by atoms with E-state index >= 15 is 0 Å². The maximum absolute atomic E-state index is 12.6. The molecule has 0 aliphatic carbocycles. The fourth-order valence-electron chi connectivity index (χ4n) is 7.17. The van der Waals surface area contributed by atoms with Crippen LogP contribution in [-0.4, -0.2) is 75.9 Å². The first-order valence-corrected chi connectivity index (χ1v) is 38.9. The van der Waals surface area contributed by atoms with Crippen molar-refractivity contribution in [1.82, 2.24) is 0 Å². The largest absolute Gasteiger partial charge is 0.513 e. The van der Waals surface area contributed by atoms with Gasteiger partial charge in [-0.15, -0.1) is 0 Å². The minimum Gasteiger partial charge on any atom is -0.437 e. The number of unbranched alkanes of at least 4 members (excludes halogenated alkanes) is 2. The second-order valence-electron chi connectivity index (χ2n) is 19.0. The molecule has 0 atom stereocenters. The van der Waals surface area contributed by atoms with Gasteiger partial charge in [-0.05, 0) is 138 Å². The molecular formula is C41H76O10Si6. The van der Waals surface area contributed by atoms with Crippen LogP contribution in [0.3, 0.4) is 0 Å². The van der Waals surface area contributed by atoms with Crippen molar-refractivity contribution < 1.29 is 45.0 Å². The lowest BCUT2D eigenvalue weighted by Crippen LogP contribution is -2.52. The normalized spacial score (nSPS) is 13.3. The molecule has 0 spiro atoms. The average molecular weight is 898 g/mol. The van der Waals surface area contributed by atoms with Crippen molar-refractivity contribution in [3.63, 3.8) is 0 Å². The van der Waals surface area contributed by atoms with Gasteiger partial charge < -0.3 is 35.4 Å². The Morgan fingerprint density at radius 1 is 0.474 bits per heavy atom. The Bertz CT molecular complexity index is 1430. The molecule has 2 aromatic carbocycles. The van der Waals surface area contributed by atoms with E-state index in [-0.39, 0.29) is 18.6 Å². The number of hydrogen-bond donors (Lipinski definition) is 0. The standard InChI is InChI=1S/C41H76O10Si6/c1-17-19-31-52(5,6)48-56(13,14)50-54(9,10)33-29-44-39(42)46-37-25-21-35(22-26-37)41(3,4)36-23-27-38(28-24-36)47-40(43)45-30-34-55(11,12)51-57(15,16)49-53(7,8)32-20-18-2/h21-28H,17-20,29-34H2,1-16H3. The van der Waals surface area contributed by atoms with Gasteiger partial charge in [0.2, 0.25) is 0 Å². The zero-order valence-corrected chi connectivity index (χ0v) is 44.3. The first kappa shape index (κ1) is 51.3. The summed E-state index contributed by atoms with van der Waals surface area (Å²) in [5.74, 6) is 0.807. The number of benzene rings is 2. The molecule has 0 bridgehead atoms. The van der Waals surface area contributed by atoms with E-state index in [4.69, 9.17) is 35.4 Å². The van der Waals surface area contributed by atoms with Crippen molar-refractivity contribution in [2.24, 2.45) is 0 Å². The Balaban J connectivity index is 1.85. The van der Waals surface area contributed by atoms with Crippen LogP contribution in [0, 0.1) is 0 Å². The molecule has 2 rings (SSSR count). The van der Waals surface area contributed by atoms with Gasteiger partial charge in [-0.1, -0.05) is 77.6 Å². The van der Waals surface area contributed by atoms with Crippen LogP contribution in [0.25, 0.3) is 0 Å². The molecule has 0 unspecified atom stereocenters. The molecule has 0 amide bonds. The lowest BCUT2D eigenvalue weighted by atomic mass is 9.78. The van der Waals surface area contributed by atoms with Gasteiger partial charge in [0.05, 0.1) is 13.2 Å². The molecule has 0 heterocycles. The Kier molecular flexibility index (Phi) is 19.4. The van der Waals surface area contributed by atoms with Gasteiger partial charge in [-0.2, -0.15) is 0 Å². The quantitative estimate of drug-likeness (QED) is 0.0574. The fraction of sp³-hybridized carbons (Fsp3) is 0.659. The Labute approximate surface area is 352 Å². The predicted octanol–water partition coefficient (Wildman–Crippen LogP) is 12.9. The molecule has 0 aliphatic rings. The molecule has 0 aliphatic heterocycles. The monoisotopic (exact) mass is 896 g/mol. The number of rotatable bonds is 24. The molecule has 0 saturated carbocycles. The topological polar surface area (TPSA) is 108 Å². The summed E-state index contributed by atoms with van der Waals surface area (Å²) in [6, 6.07) is 18.4. The second-order valence-corrected chi connectivity index (χ2v) is 44.0. The van der Waals surface area contributed by atoms with Crippen molar-refractivity contribution in [2.45, 2.75) is 162 Å². The zero-order valence-electron chi connectivity index (χ0n) is 38.3. The Morgan fingerprint density at radius 2 is 0.754 bits per heavy atom. The van der Waals surface area contributed by atoms with E-state index in [0.29, 0.717) is 23.6 Å². The van der Waals surface area contributed by atoms with Crippen molar-refractivity contribution in [1.29, 1.82) is 0 Å². The molecule has 0 N–H and O–H groups in total. The zero-order chi connectivity index (χ0) is 43.3. The van der Waals surface area contributed by atoms with E-state index in [1.165, 1.54) is 25.7 Å². The lowest BCUT2D eigenvalue weighted by molar-refractivity contribution is 0.102. The highest BCUT2D eigenvalue weighted by Crippen LogP contribution is 2.34. The van der Waals surface area contributed by atoms with Gasteiger partial charge in [0.25, 0.3) is 0 Å². The number of carbonyl (C=O) groups excluding carboxylic acids is 2. The summed E-state index contributed by atoms with van der Waals surface area (Å²) in [6.07, 6.45) is 3.22. The highest BCUT2D eigenvalue weighted by molar-refractivity contribution is 6.88. The van der Waals surface area contributed by atoms with E-state index in [1.807, 2.05) is 24.3 Å². The van der Waals surface area contributed by atoms with Gasteiger partial charge in [0.1, 0.15) is 11.5 Å². The molecule has 0 saturated heterocycles. The van der Waals surface area contributed by atoms with Crippen LogP contribution in [0.2, 0.25) is 103 Å². The summed E-state index contributed by atoms with van der Waals surface area (Å²) >= 11 is 0.